The maximum absolute atomic E-state index is 15.3. The number of halogens is 1. The van der Waals surface area contributed by atoms with E-state index in [1.165, 1.54) is 24.5 Å². The number of nitrogens with zero attached hydrogens (tertiary/aromatic N) is 2. The van der Waals surface area contributed by atoms with Crippen LogP contribution in [0.5, 0.6) is 11.5 Å². The van der Waals surface area contributed by atoms with E-state index in [0.29, 0.717) is 39.3 Å². The molecule has 1 atom stereocenters. The van der Waals surface area contributed by atoms with Crippen LogP contribution < -0.4 is 14.4 Å². The van der Waals surface area contributed by atoms with Gasteiger partial charge in [0.2, 0.25) is 0 Å². The monoisotopic (exact) mass is 588 g/mol. The predicted octanol–water partition coefficient (Wildman–Crippen LogP) is 6.58. The molecule has 1 aliphatic heterocycles. The summed E-state index contributed by atoms with van der Waals surface area (Å²) in [6.45, 7) is 0.725. The van der Waals surface area contributed by atoms with Crippen LogP contribution in [0.1, 0.15) is 34.8 Å². The molecule has 0 radical (unpaired) electrons. The summed E-state index contributed by atoms with van der Waals surface area (Å²) < 4.78 is 36.9. The molecule has 0 bridgehead atoms. The van der Waals surface area contributed by atoms with Gasteiger partial charge in [-0.2, -0.15) is 5.26 Å². The molecule has 1 unspecified atom stereocenters. The lowest BCUT2D eigenvalue weighted by Crippen LogP contribution is -2.22. The van der Waals surface area contributed by atoms with Gasteiger partial charge in [-0.15, -0.1) is 11.3 Å². The minimum Gasteiger partial charge on any atom is -0.512 e. The van der Waals surface area contributed by atoms with Crippen molar-refractivity contribution in [2.75, 3.05) is 32.8 Å². The number of hydrogen-bond acceptors (Lipinski definition) is 9. The maximum Gasteiger partial charge on any atom is 0.339 e. The Morgan fingerprint density at radius 1 is 1.02 bits per heavy atom. The molecular weight excluding hydrogens is 559 g/mol. The van der Waals surface area contributed by atoms with Gasteiger partial charge in [0.15, 0.2) is 0 Å². The zero-order valence-electron chi connectivity index (χ0n) is 23.3. The quantitative estimate of drug-likeness (QED) is 0.219. The highest BCUT2D eigenvalue weighted by molar-refractivity contribution is 7.23. The van der Waals surface area contributed by atoms with Crippen LogP contribution >= 0.6 is 11.3 Å². The normalized spacial score (nSPS) is 14.9. The molecule has 216 valence electrons. The number of rotatable bonds is 9. The second-order valence-electron chi connectivity index (χ2n) is 9.71. The largest absolute Gasteiger partial charge is 0.512 e. The van der Waals surface area contributed by atoms with Crippen LogP contribution in [0.3, 0.4) is 0 Å². The zero-order valence-corrected chi connectivity index (χ0v) is 24.2. The lowest BCUT2D eigenvalue weighted by atomic mass is 9.96. The van der Waals surface area contributed by atoms with Gasteiger partial charge >= 0.3 is 5.97 Å². The Hall–Kier alpha value is -4.59. The molecule has 1 aliphatic rings. The molecule has 3 aromatic carbocycles. The van der Waals surface area contributed by atoms with Gasteiger partial charge in [-0.25, -0.2) is 9.18 Å². The van der Waals surface area contributed by atoms with E-state index in [1.54, 1.807) is 20.3 Å². The summed E-state index contributed by atoms with van der Waals surface area (Å²) in [4.78, 5) is 14.0. The summed E-state index contributed by atoms with van der Waals surface area (Å²) in [5, 5.41) is 22.1. The summed E-state index contributed by atoms with van der Waals surface area (Å²) in [6, 6.07) is 20.5. The SMILES string of the molecule is COC(=O)C1=C(O)CC(c2ccc(F)c3sc(N(Cc4ccc(OC)cc4)Cc4ccc(OC)cc4)c(C#N)c23)OC1. The average Bonchev–Trinajstić information content (AvgIpc) is 3.42. The number of nitriles is 1. The number of aliphatic hydroxyl groups is 1. The van der Waals surface area contributed by atoms with Crippen molar-refractivity contribution in [3.05, 3.63) is 100 Å². The predicted molar refractivity (Wildman–Crippen MR) is 157 cm³/mol. The van der Waals surface area contributed by atoms with E-state index in [9.17, 15) is 15.2 Å². The molecule has 0 aliphatic carbocycles. The fourth-order valence-electron chi connectivity index (χ4n) is 5.01. The first-order valence-corrected chi connectivity index (χ1v) is 13.9. The van der Waals surface area contributed by atoms with E-state index in [-0.39, 0.29) is 24.4 Å². The van der Waals surface area contributed by atoms with Crippen LogP contribution in [0.15, 0.2) is 72.0 Å². The molecule has 1 aromatic heterocycles. The Bertz CT molecular complexity index is 1630. The number of methoxy groups -OCH3 is 3. The number of esters is 1. The first-order chi connectivity index (χ1) is 20.4. The highest BCUT2D eigenvalue weighted by atomic mass is 32.1. The van der Waals surface area contributed by atoms with Crippen LogP contribution in [0.4, 0.5) is 9.39 Å². The standard InChI is InChI=1S/C32H29FN2O6S/c1-38-21-8-4-19(5-9-21)16-35(17-20-6-10-22(39-2)11-7-20)31-24(15-34)29-23(12-13-26(33)30(29)42-31)28-14-27(36)25(18-41-28)32(37)40-3/h4-13,28,36H,14,16-18H2,1-3H3. The van der Waals surface area contributed by atoms with Crippen molar-refractivity contribution in [1.82, 2.24) is 0 Å². The van der Waals surface area contributed by atoms with Crippen LogP contribution in [-0.2, 0) is 27.4 Å². The van der Waals surface area contributed by atoms with E-state index in [4.69, 9.17) is 18.9 Å². The number of benzene rings is 3. The molecule has 0 saturated carbocycles. The third-order valence-electron chi connectivity index (χ3n) is 7.20. The molecule has 0 amide bonds. The molecule has 0 spiro atoms. The second-order valence-corrected chi connectivity index (χ2v) is 10.7. The number of carbonyl (C=O) groups is 1. The number of carbonyl (C=O) groups excluding carboxylic acids is 1. The van der Waals surface area contributed by atoms with Crippen molar-refractivity contribution in [1.29, 1.82) is 5.26 Å². The van der Waals surface area contributed by atoms with Crippen molar-refractivity contribution in [3.63, 3.8) is 0 Å². The minimum absolute atomic E-state index is 0.0113. The summed E-state index contributed by atoms with van der Waals surface area (Å²) in [5.41, 5.74) is 2.88. The van der Waals surface area contributed by atoms with Gasteiger partial charge in [-0.05, 0) is 47.0 Å². The van der Waals surface area contributed by atoms with Gasteiger partial charge in [0.25, 0.3) is 0 Å². The van der Waals surface area contributed by atoms with E-state index < -0.39 is 17.9 Å². The highest BCUT2D eigenvalue weighted by Gasteiger charge is 2.31. The average molecular weight is 589 g/mol. The Balaban J connectivity index is 1.59. The molecule has 42 heavy (non-hydrogen) atoms. The van der Waals surface area contributed by atoms with Crippen molar-refractivity contribution in [3.8, 4) is 17.6 Å². The second kappa shape index (κ2) is 12.5. The molecule has 10 heteroatoms. The van der Waals surface area contributed by atoms with Crippen molar-refractivity contribution < 1.29 is 33.2 Å². The Labute approximate surface area is 246 Å². The van der Waals surface area contributed by atoms with Crippen molar-refractivity contribution in [2.45, 2.75) is 25.6 Å². The maximum atomic E-state index is 15.3. The van der Waals surface area contributed by atoms with Crippen molar-refractivity contribution >= 4 is 32.4 Å². The molecule has 0 fully saturated rings. The van der Waals surface area contributed by atoms with Gasteiger partial charge in [-0.1, -0.05) is 30.3 Å². The zero-order chi connectivity index (χ0) is 29.8. The van der Waals surface area contributed by atoms with Crippen LogP contribution in [0.2, 0.25) is 0 Å². The fourth-order valence-corrected chi connectivity index (χ4v) is 6.20. The molecule has 1 N–H and O–H groups in total. The Kier molecular flexibility index (Phi) is 8.61. The number of fused-ring (bicyclic) bond motifs is 1. The third kappa shape index (κ3) is 5.75. The van der Waals surface area contributed by atoms with Crippen LogP contribution in [-0.4, -0.2) is 39.0 Å². The first kappa shape index (κ1) is 28.9. The number of ether oxygens (including phenoxy) is 4. The molecular formula is C32H29FN2O6S. The molecule has 2 heterocycles. The smallest absolute Gasteiger partial charge is 0.339 e. The third-order valence-corrected chi connectivity index (χ3v) is 8.46. The fraction of sp³-hybridized carbons (Fsp3) is 0.250. The minimum atomic E-state index is -0.687. The van der Waals surface area contributed by atoms with Gasteiger partial charge in [0.1, 0.15) is 39.7 Å². The molecule has 5 rings (SSSR count). The Morgan fingerprint density at radius 2 is 1.62 bits per heavy atom. The molecule has 8 nitrogen and oxygen atoms in total. The lowest BCUT2D eigenvalue weighted by Gasteiger charge is -2.26. The highest BCUT2D eigenvalue weighted by Crippen LogP contribution is 2.45. The summed E-state index contributed by atoms with van der Waals surface area (Å²) >= 11 is 1.20. The lowest BCUT2D eigenvalue weighted by molar-refractivity contribution is -0.137. The topological polar surface area (TPSA) is 101 Å². The number of thiophene rings is 1. The van der Waals surface area contributed by atoms with Gasteiger partial charge in [0, 0.05) is 24.9 Å². The van der Waals surface area contributed by atoms with E-state index in [0.717, 1.165) is 22.6 Å². The van der Waals surface area contributed by atoms with E-state index in [1.807, 2.05) is 53.4 Å². The Morgan fingerprint density at radius 3 is 2.12 bits per heavy atom. The first-order valence-electron chi connectivity index (χ1n) is 13.1. The van der Waals surface area contributed by atoms with E-state index >= 15 is 4.39 Å². The van der Waals surface area contributed by atoms with Crippen LogP contribution in [0, 0.1) is 17.1 Å². The molecule has 4 aromatic rings. The number of aliphatic hydroxyl groups excluding tert-OH is 1. The number of anilines is 1. The van der Waals surface area contributed by atoms with Crippen LogP contribution in [0.25, 0.3) is 10.1 Å². The number of hydrogen-bond donors (Lipinski definition) is 1. The van der Waals surface area contributed by atoms with Crippen molar-refractivity contribution in [2.24, 2.45) is 0 Å². The molecule has 0 saturated heterocycles. The van der Waals surface area contributed by atoms with Gasteiger partial charge < -0.3 is 29.0 Å². The van der Waals surface area contributed by atoms with Gasteiger partial charge in [0.05, 0.1) is 44.3 Å². The summed E-state index contributed by atoms with van der Waals surface area (Å²) in [6.07, 6.45) is -0.699. The van der Waals surface area contributed by atoms with Gasteiger partial charge in [-0.3, -0.25) is 0 Å². The van der Waals surface area contributed by atoms with E-state index in [2.05, 4.69) is 6.07 Å². The summed E-state index contributed by atoms with van der Waals surface area (Å²) in [7, 11) is 4.44. The summed E-state index contributed by atoms with van der Waals surface area (Å²) in [5.74, 6) is 0.184.